The largest absolute Gasteiger partial charge is 0.312 e. The van der Waals surface area contributed by atoms with E-state index in [-0.39, 0.29) is 0 Å². The molecule has 5 nitrogen and oxygen atoms in total. The number of likely N-dealkylation sites (N-methyl/N-ethyl adjacent to an activating group) is 2. The molecule has 192 valence electrons. The third kappa shape index (κ3) is 5.52. The van der Waals surface area contributed by atoms with E-state index in [0.717, 1.165) is 71.1 Å². The van der Waals surface area contributed by atoms with Crippen LogP contribution in [0.1, 0.15) is 16.8 Å². The molecule has 2 aliphatic heterocycles. The van der Waals surface area contributed by atoms with Gasteiger partial charge in [0.05, 0.1) is 16.4 Å². The van der Waals surface area contributed by atoms with Gasteiger partial charge in [0, 0.05) is 76.2 Å². The molecule has 0 N–H and O–H groups in total. The Morgan fingerprint density at radius 1 is 0.694 bits per heavy atom. The lowest BCUT2D eigenvalue weighted by Crippen LogP contribution is -2.45. The summed E-state index contributed by atoms with van der Waals surface area (Å²) in [4.78, 5) is 10.1. The maximum absolute atomic E-state index is 6.84. The molecule has 0 atom stereocenters. The Bertz CT molecular complexity index is 1180. The number of nitrogens with zero attached hydrogens (tertiary/aromatic N) is 5. The average molecular weight is 527 g/mol. The van der Waals surface area contributed by atoms with Crippen molar-refractivity contribution in [3.63, 3.8) is 0 Å². The number of rotatable bonds is 6. The van der Waals surface area contributed by atoms with Crippen LogP contribution in [0.15, 0.2) is 48.5 Å². The van der Waals surface area contributed by atoms with E-state index in [2.05, 4.69) is 81.6 Å². The van der Waals surface area contributed by atoms with Crippen LogP contribution >= 0.6 is 23.2 Å². The van der Waals surface area contributed by atoms with Gasteiger partial charge in [-0.1, -0.05) is 53.5 Å². The van der Waals surface area contributed by atoms with Crippen molar-refractivity contribution in [1.29, 1.82) is 0 Å². The Balaban J connectivity index is 1.66. The van der Waals surface area contributed by atoms with Crippen LogP contribution in [0.5, 0.6) is 0 Å². The van der Waals surface area contributed by atoms with Gasteiger partial charge in [0.1, 0.15) is 0 Å². The second-order valence-electron chi connectivity index (χ2n) is 10.3. The molecule has 0 bridgehead atoms. The fourth-order valence-corrected chi connectivity index (χ4v) is 5.99. The van der Waals surface area contributed by atoms with Gasteiger partial charge in [0.25, 0.3) is 0 Å². The molecule has 0 radical (unpaired) electrons. The Kier molecular flexibility index (Phi) is 8.06. The van der Waals surface area contributed by atoms with E-state index in [9.17, 15) is 0 Å². The monoisotopic (exact) mass is 525 g/mol. The van der Waals surface area contributed by atoms with Crippen LogP contribution in [0, 0.1) is 6.92 Å². The normalized spacial score (nSPS) is 18.7. The molecule has 0 unspecified atom stereocenters. The molecule has 7 heteroatoms. The zero-order valence-corrected chi connectivity index (χ0v) is 23.2. The van der Waals surface area contributed by atoms with Crippen molar-refractivity contribution < 1.29 is 0 Å². The summed E-state index contributed by atoms with van der Waals surface area (Å²) in [7, 11) is 4.43. The number of hydrogen-bond acceptors (Lipinski definition) is 4. The van der Waals surface area contributed by atoms with Gasteiger partial charge in [-0.05, 0) is 55.9 Å². The number of hydrogen-bond donors (Lipinski definition) is 0. The second kappa shape index (κ2) is 11.3. The SMILES string of the molecule is Cc1c(CN2CCN(C)CC2)c(CN2CCN(C)CC2)c(-c2ccccc2)n1-c1ccc(Cl)cc1Cl. The van der Waals surface area contributed by atoms with Crippen molar-refractivity contribution in [3.05, 3.63) is 75.4 Å². The van der Waals surface area contributed by atoms with Gasteiger partial charge in [-0.3, -0.25) is 9.80 Å². The second-order valence-corrected chi connectivity index (χ2v) is 11.2. The van der Waals surface area contributed by atoms with Crippen molar-refractivity contribution in [2.24, 2.45) is 0 Å². The molecule has 0 spiro atoms. The molecule has 2 aromatic carbocycles. The maximum Gasteiger partial charge on any atom is 0.0661 e. The van der Waals surface area contributed by atoms with Crippen molar-refractivity contribution >= 4 is 23.2 Å². The topological polar surface area (TPSA) is 17.9 Å². The van der Waals surface area contributed by atoms with Gasteiger partial charge in [-0.25, -0.2) is 0 Å². The fraction of sp³-hybridized carbons (Fsp3) is 0.448. The molecule has 3 heterocycles. The van der Waals surface area contributed by atoms with Crippen LogP contribution in [0.3, 0.4) is 0 Å². The summed E-state index contributed by atoms with van der Waals surface area (Å²) < 4.78 is 2.38. The van der Waals surface area contributed by atoms with Crippen LogP contribution in [0.25, 0.3) is 16.9 Å². The molecule has 1 aromatic heterocycles. The quantitative estimate of drug-likeness (QED) is 0.436. The molecule has 0 saturated carbocycles. The van der Waals surface area contributed by atoms with Crippen LogP contribution in [-0.4, -0.2) is 90.6 Å². The van der Waals surface area contributed by atoms with Gasteiger partial charge in [0.2, 0.25) is 0 Å². The molecule has 2 fully saturated rings. The van der Waals surface area contributed by atoms with E-state index in [1.807, 2.05) is 12.1 Å². The summed E-state index contributed by atoms with van der Waals surface area (Å²) in [6, 6.07) is 16.7. The van der Waals surface area contributed by atoms with Crippen LogP contribution < -0.4 is 0 Å². The van der Waals surface area contributed by atoms with Crippen LogP contribution in [0.2, 0.25) is 10.0 Å². The van der Waals surface area contributed by atoms with Crippen molar-refractivity contribution in [2.45, 2.75) is 20.0 Å². The van der Waals surface area contributed by atoms with Gasteiger partial charge in [0.15, 0.2) is 0 Å². The summed E-state index contributed by atoms with van der Waals surface area (Å²) in [5.74, 6) is 0. The van der Waals surface area contributed by atoms with E-state index in [0.29, 0.717) is 10.0 Å². The first-order chi connectivity index (χ1) is 17.4. The first-order valence-corrected chi connectivity index (χ1v) is 13.7. The lowest BCUT2D eigenvalue weighted by atomic mass is 10.0. The fourth-order valence-electron chi connectivity index (χ4n) is 5.50. The molecule has 0 amide bonds. The van der Waals surface area contributed by atoms with Gasteiger partial charge in [-0.15, -0.1) is 0 Å². The Labute approximate surface area is 225 Å². The summed E-state index contributed by atoms with van der Waals surface area (Å²) in [6.07, 6.45) is 0. The first-order valence-electron chi connectivity index (χ1n) is 13.0. The minimum atomic E-state index is 0.658. The standard InChI is InChI=1S/C29H37Cl2N5/c1-22-25(20-34-15-11-32(2)12-16-34)26(21-35-17-13-33(3)14-18-35)29(23-7-5-4-6-8-23)36(22)28-10-9-24(30)19-27(28)31/h4-10,19H,11-18,20-21H2,1-3H3. The predicted octanol–water partition coefficient (Wildman–Crippen LogP) is 5.25. The maximum atomic E-state index is 6.84. The Morgan fingerprint density at radius 3 is 1.81 bits per heavy atom. The summed E-state index contributed by atoms with van der Waals surface area (Å²) in [5.41, 5.74) is 7.58. The van der Waals surface area contributed by atoms with E-state index < -0.39 is 0 Å². The highest BCUT2D eigenvalue weighted by Gasteiger charge is 2.28. The highest BCUT2D eigenvalue weighted by atomic mass is 35.5. The zero-order chi connectivity index (χ0) is 25.2. The number of aromatic nitrogens is 1. The number of halogens is 2. The van der Waals surface area contributed by atoms with Crippen LogP contribution in [0.4, 0.5) is 0 Å². The minimum Gasteiger partial charge on any atom is -0.312 e. The highest BCUT2D eigenvalue weighted by molar-refractivity contribution is 6.35. The smallest absolute Gasteiger partial charge is 0.0661 e. The van der Waals surface area contributed by atoms with Gasteiger partial charge < -0.3 is 14.4 Å². The molecule has 2 aliphatic rings. The lowest BCUT2D eigenvalue weighted by Gasteiger charge is -2.34. The molecular weight excluding hydrogens is 489 g/mol. The molecule has 5 rings (SSSR count). The molecule has 36 heavy (non-hydrogen) atoms. The van der Waals surface area contributed by atoms with Crippen molar-refractivity contribution in [2.75, 3.05) is 66.5 Å². The third-order valence-corrected chi connectivity index (χ3v) is 8.34. The predicted molar refractivity (Wildman–Crippen MR) is 152 cm³/mol. The first kappa shape index (κ1) is 25.8. The van der Waals surface area contributed by atoms with E-state index in [4.69, 9.17) is 23.2 Å². The van der Waals surface area contributed by atoms with Crippen molar-refractivity contribution in [3.8, 4) is 16.9 Å². The van der Waals surface area contributed by atoms with Gasteiger partial charge >= 0.3 is 0 Å². The molecule has 3 aromatic rings. The minimum absolute atomic E-state index is 0.658. The third-order valence-electron chi connectivity index (χ3n) is 7.80. The molecule has 2 saturated heterocycles. The van der Waals surface area contributed by atoms with E-state index in [1.54, 1.807) is 0 Å². The highest BCUT2D eigenvalue weighted by Crippen LogP contribution is 2.38. The van der Waals surface area contributed by atoms with Gasteiger partial charge in [-0.2, -0.15) is 0 Å². The summed E-state index contributed by atoms with van der Waals surface area (Å²) in [6.45, 7) is 13.0. The number of benzene rings is 2. The average Bonchev–Trinajstić information content (AvgIpc) is 3.13. The van der Waals surface area contributed by atoms with E-state index in [1.165, 1.54) is 28.1 Å². The zero-order valence-electron chi connectivity index (χ0n) is 21.7. The lowest BCUT2D eigenvalue weighted by molar-refractivity contribution is 0.141. The molecular formula is C29H37Cl2N5. The van der Waals surface area contributed by atoms with Crippen LogP contribution in [-0.2, 0) is 13.1 Å². The Morgan fingerprint density at radius 2 is 1.25 bits per heavy atom. The summed E-state index contributed by atoms with van der Waals surface area (Å²) >= 11 is 13.1. The summed E-state index contributed by atoms with van der Waals surface area (Å²) in [5, 5.41) is 1.33. The van der Waals surface area contributed by atoms with Crippen molar-refractivity contribution in [1.82, 2.24) is 24.2 Å². The number of piperazine rings is 2. The molecule has 0 aliphatic carbocycles. The van der Waals surface area contributed by atoms with E-state index >= 15 is 0 Å². The Hall–Kier alpha value is -1.86.